The zero-order valence-electron chi connectivity index (χ0n) is 5.85. The predicted octanol–water partition coefficient (Wildman–Crippen LogP) is -0.459. The van der Waals surface area contributed by atoms with Gasteiger partial charge in [0.2, 0.25) is 0 Å². The molecule has 0 aromatic heterocycles. The number of nitrogens with two attached hydrogens (primary N) is 1. The second-order valence-electron chi connectivity index (χ2n) is 1.99. The summed E-state index contributed by atoms with van der Waals surface area (Å²) in [6, 6.07) is -1.32. The largest absolute Gasteiger partial charge is 0.481 e. The molecule has 0 fully saturated rings. The van der Waals surface area contributed by atoms with E-state index in [-0.39, 0.29) is 12.4 Å². The number of carboxylic acids is 2. The standard InChI is InChI=1S/C5H9NO4.ClH/c1-2(4(7)8)3(6)5(9)10;/h2-3H,6H2,1H3,(H,7,8)(H,9,10);1H. The van der Waals surface area contributed by atoms with E-state index in [0.717, 1.165) is 0 Å². The molecule has 0 aliphatic heterocycles. The van der Waals surface area contributed by atoms with Gasteiger partial charge >= 0.3 is 11.9 Å². The highest BCUT2D eigenvalue weighted by Crippen LogP contribution is 1.99. The van der Waals surface area contributed by atoms with Crippen molar-refractivity contribution in [3.05, 3.63) is 0 Å². The van der Waals surface area contributed by atoms with Crippen LogP contribution in [0.4, 0.5) is 0 Å². The van der Waals surface area contributed by atoms with Gasteiger partial charge in [-0.2, -0.15) is 0 Å². The van der Waals surface area contributed by atoms with Crippen LogP contribution in [-0.4, -0.2) is 28.2 Å². The molecule has 0 aromatic rings. The van der Waals surface area contributed by atoms with Gasteiger partial charge in [-0.05, 0) is 6.92 Å². The lowest BCUT2D eigenvalue weighted by Gasteiger charge is -2.09. The van der Waals surface area contributed by atoms with Crippen LogP contribution in [0.3, 0.4) is 0 Å². The van der Waals surface area contributed by atoms with Crippen molar-refractivity contribution in [2.24, 2.45) is 11.7 Å². The number of rotatable bonds is 3. The van der Waals surface area contributed by atoms with E-state index in [1.165, 1.54) is 6.92 Å². The lowest BCUT2D eigenvalue weighted by Crippen LogP contribution is -2.40. The van der Waals surface area contributed by atoms with Gasteiger partial charge in [-0.15, -0.1) is 12.4 Å². The Morgan fingerprint density at radius 2 is 1.64 bits per heavy atom. The van der Waals surface area contributed by atoms with Crippen LogP contribution < -0.4 is 5.73 Å². The molecule has 11 heavy (non-hydrogen) atoms. The SMILES string of the molecule is CC(C(=O)O)C(N)C(=O)O.Cl. The third-order valence-corrected chi connectivity index (χ3v) is 1.21. The van der Waals surface area contributed by atoms with E-state index in [2.05, 4.69) is 0 Å². The maximum Gasteiger partial charge on any atom is 0.321 e. The fraction of sp³-hybridized carbons (Fsp3) is 0.600. The third kappa shape index (κ3) is 3.79. The molecule has 0 saturated carbocycles. The van der Waals surface area contributed by atoms with Gasteiger partial charge in [0.15, 0.2) is 0 Å². The van der Waals surface area contributed by atoms with Crippen LogP contribution in [0.15, 0.2) is 0 Å². The molecule has 0 spiro atoms. The van der Waals surface area contributed by atoms with Crippen LogP contribution in [0.25, 0.3) is 0 Å². The Morgan fingerprint density at radius 3 is 1.73 bits per heavy atom. The van der Waals surface area contributed by atoms with E-state index >= 15 is 0 Å². The van der Waals surface area contributed by atoms with Gasteiger partial charge in [0, 0.05) is 0 Å². The van der Waals surface area contributed by atoms with Crippen LogP contribution in [0.5, 0.6) is 0 Å². The topological polar surface area (TPSA) is 101 Å². The Labute approximate surface area is 69.6 Å². The molecule has 0 amide bonds. The van der Waals surface area contributed by atoms with Crippen molar-refractivity contribution in [2.75, 3.05) is 0 Å². The molecule has 4 N–H and O–H groups in total. The van der Waals surface area contributed by atoms with E-state index < -0.39 is 23.9 Å². The first kappa shape index (κ1) is 12.8. The molecule has 0 saturated heterocycles. The van der Waals surface area contributed by atoms with Gasteiger partial charge in [0.05, 0.1) is 5.92 Å². The molecular weight excluding hydrogens is 174 g/mol. The monoisotopic (exact) mass is 183 g/mol. The normalized spacial score (nSPS) is 14.4. The summed E-state index contributed by atoms with van der Waals surface area (Å²) in [5.41, 5.74) is 4.98. The number of carboxylic acid groups (broad SMARTS) is 2. The second-order valence-corrected chi connectivity index (χ2v) is 1.99. The molecular formula is C5H10ClNO4. The fourth-order valence-electron chi connectivity index (χ4n) is 0.367. The second kappa shape index (κ2) is 4.92. The smallest absolute Gasteiger partial charge is 0.321 e. The summed E-state index contributed by atoms with van der Waals surface area (Å²) in [7, 11) is 0. The molecule has 5 nitrogen and oxygen atoms in total. The van der Waals surface area contributed by atoms with Crippen molar-refractivity contribution in [3.8, 4) is 0 Å². The third-order valence-electron chi connectivity index (χ3n) is 1.21. The summed E-state index contributed by atoms with van der Waals surface area (Å²) < 4.78 is 0. The Balaban J connectivity index is 0. The van der Waals surface area contributed by atoms with Crippen LogP contribution in [-0.2, 0) is 9.59 Å². The van der Waals surface area contributed by atoms with Gasteiger partial charge in [-0.1, -0.05) is 0 Å². The molecule has 2 atom stereocenters. The summed E-state index contributed by atoms with van der Waals surface area (Å²) >= 11 is 0. The van der Waals surface area contributed by atoms with Crippen LogP contribution in [0.1, 0.15) is 6.92 Å². The maximum absolute atomic E-state index is 10.1. The molecule has 0 aliphatic carbocycles. The molecule has 0 radical (unpaired) electrons. The van der Waals surface area contributed by atoms with E-state index in [1.54, 1.807) is 0 Å². The number of hydrogen-bond acceptors (Lipinski definition) is 3. The van der Waals surface area contributed by atoms with Gasteiger partial charge in [-0.25, -0.2) is 0 Å². The molecule has 0 aromatic carbocycles. The van der Waals surface area contributed by atoms with Crippen LogP contribution in [0, 0.1) is 5.92 Å². The first-order valence-corrected chi connectivity index (χ1v) is 2.68. The average molecular weight is 184 g/mol. The molecule has 0 rings (SSSR count). The predicted molar refractivity (Wildman–Crippen MR) is 39.7 cm³/mol. The minimum atomic E-state index is -1.32. The Hall–Kier alpha value is -0.810. The van der Waals surface area contributed by atoms with Crippen molar-refractivity contribution in [2.45, 2.75) is 13.0 Å². The number of hydrogen-bond donors (Lipinski definition) is 3. The van der Waals surface area contributed by atoms with E-state index in [4.69, 9.17) is 15.9 Å². The van der Waals surface area contributed by atoms with Gasteiger partial charge in [-0.3, -0.25) is 9.59 Å². The zero-order valence-corrected chi connectivity index (χ0v) is 6.67. The maximum atomic E-state index is 10.1. The molecule has 0 heterocycles. The number of aliphatic carboxylic acids is 2. The highest BCUT2D eigenvalue weighted by atomic mass is 35.5. The van der Waals surface area contributed by atoms with Crippen molar-refractivity contribution in [1.82, 2.24) is 0 Å². The lowest BCUT2D eigenvalue weighted by atomic mass is 10.0. The molecule has 6 heteroatoms. The summed E-state index contributed by atoms with van der Waals surface area (Å²) in [5.74, 6) is -3.54. The minimum absolute atomic E-state index is 0. The van der Waals surface area contributed by atoms with E-state index in [1.807, 2.05) is 0 Å². The molecule has 2 unspecified atom stereocenters. The van der Waals surface area contributed by atoms with Crippen molar-refractivity contribution < 1.29 is 19.8 Å². The first-order chi connectivity index (χ1) is 4.46. The minimum Gasteiger partial charge on any atom is -0.481 e. The first-order valence-electron chi connectivity index (χ1n) is 2.68. The Morgan fingerprint density at radius 1 is 1.27 bits per heavy atom. The van der Waals surface area contributed by atoms with Crippen molar-refractivity contribution in [3.63, 3.8) is 0 Å². The quantitative estimate of drug-likeness (QED) is 0.550. The summed E-state index contributed by atoms with van der Waals surface area (Å²) in [4.78, 5) is 20.2. The van der Waals surface area contributed by atoms with Gasteiger partial charge in [0.1, 0.15) is 6.04 Å². The zero-order chi connectivity index (χ0) is 8.31. The summed E-state index contributed by atoms with van der Waals surface area (Å²) in [5, 5.41) is 16.5. The lowest BCUT2D eigenvalue weighted by molar-refractivity contribution is -0.149. The highest BCUT2D eigenvalue weighted by molar-refractivity contribution is 5.85. The molecule has 66 valence electrons. The average Bonchev–Trinajstić information content (AvgIpc) is 1.84. The molecule has 0 aliphatic rings. The van der Waals surface area contributed by atoms with Crippen LogP contribution >= 0.6 is 12.4 Å². The number of carbonyl (C=O) groups is 2. The van der Waals surface area contributed by atoms with Crippen molar-refractivity contribution >= 4 is 24.3 Å². The molecule has 0 bridgehead atoms. The van der Waals surface area contributed by atoms with Crippen molar-refractivity contribution in [1.29, 1.82) is 0 Å². The summed E-state index contributed by atoms with van der Waals surface area (Å²) in [6.07, 6.45) is 0. The Kier molecular flexibility index (Phi) is 5.74. The number of halogens is 1. The van der Waals surface area contributed by atoms with Gasteiger partial charge < -0.3 is 15.9 Å². The summed E-state index contributed by atoms with van der Waals surface area (Å²) in [6.45, 7) is 1.25. The highest BCUT2D eigenvalue weighted by Gasteiger charge is 2.25. The fourth-order valence-corrected chi connectivity index (χ4v) is 0.367. The van der Waals surface area contributed by atoms with E-state index in [9.17, 15) is 9.59 Å². The van der Waals surface area contributed by atoms with Crippen LogP contribution in [0.2, 0.25) is 0 Å². The van der Waals surface area contributed by atoms with E-state index in [0.29, 0.717) is 0 Å². The Bertz CT molecular complexity index is 143. The van der Waals surface area contributed by atoms with Gasteiger partial charge in [0.25, 0.3) is 0 Å².